The molecular weight excluding hydrogens is 793 g/mol. The Kier molecular flexibility index (Phi) is 69.8. The summed E-state index contributed by atoms with van der Waals surface area (Å²) < 4.78 is 0. The van der Waals surface area contributed by atoms with Gasteiger partial charge in [0.15, 0.2) is 0 Å². The second-order valence-corrected chi connectivity index (χ2v) is 22.7. The lowest BCUT2D eigenvalue weighted by molar-refractivity contribution is 0.501. The van der Waals surface area contributed by atoms with Crippen molar-refractivity contribution in [3.63, 3.8) is 0 Å². The predicted octanol–water partition coefficient (Wildman–Crippen LogP) is 25.4. The summed E-state index contributed by atoms with van der Waals surface area (Å²) in [6.45, 7) is 25.3. The minimum atomic E-state index is 0.895. The summed E-state index contributed by atoms with van der Waals surface area (Å²) in [6, 6.07) is 0. The van der Waals surface area contributed by atoms with Crippen LogP contribution in [0.2, 0.25) is 0 Å². The monoisotopic (exact) mass is 925 g/mol. The van der Waals surface area contributed by atoms with Crippen LogP contribution in [0.4, 0.5) is 0 Å². The predicted molar refractivity (Wildman–Crippen MR) is 311 cm³/mol. The van der Waals surface area contributed by atoms with Gasteiger partial charge in [-0.25, -0.2) is 0 Å². The maximum Gasteiger partial charge on any atom is -0.0353 e. The highest BCUT2D eigenvalue weighted by Gasteiger charge is 2.00. The van der Waals surface area contributed by atoms with E-state index in [2.05, 4.69) is 61.3 Å². The molecule has 0 aromatic heterocycles. The first kappa shape index (κ1) is 69.5. The summed E-state index contributed by atoms with van der Waals surface area (Å²) in [7, 11) is 0. The topological polar surface area (TPSA) is 0 Å². The zero-order chi connectivity index (χ0) is 48.9. The van der Waals surface area contributed by atoms with Gasteiger partial charge < -0.3 is 0 Å². The molecule has 66 heavy (non-hydrogen) atoms. The first-order valence-electron chi connectivity index (χ1n) is 31.1. The Morgan fingerprint density at radius 1 is 0.182 bits per heavy atom. The van der Waals surface area contributed by atoms with Crippen LogP contribution >= 0.6 is 0 Å². The fraction of sp³-hybridized carbons (Fsp3) is 0.909. The van der Waals surface area contributed by atoms with Crippen LogP contribution in [0.5, 0.6) is 0 Å². The lowest BCUT2D eigenvalue weighted by Crippen LogP contribution is -1.87. The van der Waals surface area contributed by atoms with Crippen LogP contribution < -0.4 is 0 Å². The first-order chi connectivity index (χ1) is 32.3. The zero-order valence-corrected chi connectivity index (χ0v) is 47.6. The van der Waals surface area contributed by atoms with Crippen LogP contribution in [0.25, 0.3) is 0 Å². The quantitative estimate of drug-likeness (QED) is 0.0421. The van der Waals surface area contributed by atoms with Crippen molar-refractivity contribution in [3.05, 3.63) is 38.0 Å². The molecule has 0 amide bonds. The smallest absolute Gasteiger partial charge is 0.0353 e. The molecule has 0 aliphatic carbocycles. The van der Waals surface area contributed by atoms with Gasteiger partial charge in [0.05, 0.1) is 0 Å². The van der Waals surface area contributed by atoms with E-state index < -0.39 is 0 Å². The van der Waals surface area contributed by atoms with Crippen LogP contribution in [0.15, 0.2) is 38.0 Å². The van der Waals surface area contributed by atoms with Crippen LogP contribution in [0, 0.1) is 17.8 Å². The number of allylic oxidation sites excluding steroid dienone is 3. The van der Waals surface area contributed by atoms with E-state index in [4.69, 9.17) is 0 Å². The van der Waals surface area contributed by atoms with E-state index in [9.17, 15) is 0 Å². The first-order valence-corrected chi connectivity index (χ1v) is 31.1. The van der Waals surface area contributed by atoms with E-state index in [1.54, 1.807) is 0 Å². The van der Waals surface area contributed by atoms with Crippen molar-refractivity contribution in [2.75, 3.05) is 0 Å². The van der Waals surface area contributed by atoms with Gasteiger partial charge in [0.25, 0.3) is 0 Å². The van der Waals surface area contributed by atoms with Crippen molar-refractivity contribution in [1.82, 2.24) is 0 Å². The van der Waals surface area contributed by atoms with Crippen molar-refractivity contribution in [2.24, 2.45) is 17.8 Å². The maximum atomic E-state index is 3.78. The normalized spacial score (nSPS) is 11.2. The molecule has 0 fully saturated rings. The van der Waals surface area contributed by atoms with Crippen molar-refractivity contribution < 1.29 is 0 Å². The molecule has 0 radical (unpaired) electrons. The summed E-state index contributed by atoms with van der Waals surface area (Å²) in [5, 5.41) is 0. The highest BCUT2D eigenvalue weighted by Crippen LogP contribution is 2.18. The molecule has 0 spiro atoms. The van der Waals surface area contributed by atoms with E-state index >= 15 is 0 Å². The van der Waals surface area contributed by atoms with E-state index in [0.717, 1.165) is 17.8 Å². The maximum absolute atomic E-state index is 3.78. The molecule has 0 aliphatic heterocycles. The van der Waals surface area contributed by atoms with Gasteiger partial charge in [-0.15, -0.1) is 19.7 Å². The Bertz CT molecular complexity index is 831. The minimum absolute atomic E-state index is 0.895. The fourth-order valence-corrected chi connectivity index (χ4v) is 9.42. The fourth-order valence-electron chi connectivity index (χ4n) is 9.42. The second-order valence-electron chi connectivity index (χ2n) is 22.7. The van der Waals surface area contributed by atoms with E-state index in [-0.39, 0.29) is 0 Å². The van der Waals surface area contributed by atoms with Crippen LogP contribution in [-0.4, -0.2) is 0 Å². The van der Waals surface area contributed by atoms with E-state index in [1.807, 2.05) is 18.2 Å². The van der Waals surface area contributed by atoms with Crippen LogP contribution in [0.3, 0.4) is 0 Å². The summed E-state index contributed by atoms with van der Waals surface area (Å²) >= 11 is 0. The molecule has 0 aliphatic rings. The number of unbranched alkanes of at least 4 members (excludes halogenated alkanes) is 45. The SMILES string of the molecule is C=CCCCCCCCCCCCCCCCCC(C)C.C=CCCCCCCCCCCCCCCCCCC(C)C.C=CCCCCCCCCCCCCCCCCCCC(C)C. The molecule has 0 bridgehead atoms. The number of hydrogen-bond donors (Lipinski definition) is 0. The van der Waals surface area contributed by atoms with Crippen molar-refractivity contribution in [2.45, 2.75) is 369 Å². The lowest BCUT2D eigenvalue weighted by Gasteiger charge is -2.05. The molecule has 0 N–H and O–H groups in total. The molecule has 0 nitrogen and oxygen atoms in total. The van der Waals surface area contributed by atoms with Crippen molar-refractivity contribution in [1.29, 1.82) is 0 Å². The third-order valence-corrected chi connectivity index (χ3v) is 14.1. The zero-order valence-electron chi connectivity index (χ0n) is 47.6. The van der Waals surface area contributed by atoms with Gasteiger partial charge in [0, 0.05) is 0 Å². The second kappa shape index (κ2) is 66.3. The van der Waals surface area contributed by atoms with Crippen molar-refractivity contribution >= 4 is 0 Å². The van der Waals surface area contributed by atoms with Crippen LogP contribution in [0.1, 0.15) is 369 Å². The molecule has 0 aromatic carbocycles. The highest BCUT2D eigenvalue weighted by molar-refractivity contribution is 4.67. The molecule has 396 valence electrons. The standard InChI is InChI=1S/C23H46.C22H44.C21H42/c1-4-5-6-7-8-9-10-11-12-13-14-15-16-17-18-19-20-21-22-23(2)3;1-4-5-6-7-8-9-10-11-12-13-14-15-16-17-18-19-20-21-22(2)3;1-4-5-6-7-8-9-10-11-12-13-14-15-16-17-18-19-20-21(2)3/h4,23H,1,5-22H2,2-3H3;4,22H,1,5-21H2,2-3H3;4,21H,1,5-20H2,2-3H3. The third kappa shape index (κ3) is 77.4. The van der Waals surface area contributed by atoms with Crippen LogP contribution in [-0.2, 0) is 0 Å². The lowest BCUT2D eigenvalue weighted by atomic mass is 10.0. The summed E-state index contributed by atoms with van der Waals surface area (Å²) in [5.74, 6) is 2.69. The van der Waals surface area contributed by atoms with Gasteiger partial charge in [-0.05, 0) is 56.3 Å². The molecule has 0 saturated heterocycles. The minimum Gasteiger partial charge on any atom is -0.103 e. The van der Waals surface area contributed by atoms with Gasteiger partial charge in [-0.2, -0.15) is 0 Å². The van der Waals surface area contributed by atoms with E-state index in [0.29, 0.717) is 0 Å². The molecule has 0 heterocycles. The molecule has 0 atom stereocenters. The number of rotatable bonds is 54. The molecular formula is C66H132. The molecule has 0 heteroatoms. The molecule has 0 rings (SSSR count). The highest BCUT2D eigenvalue weighted by atomic mass is 14.1. The molecule has 0 saturated carbocycles. The van der Waals surface area contributed by atoms with Gasteiger partial charge in [0.1, 0.15) is 0 Å². The summed E-state index contributed by atoms with van der Waals surface area (Å²) in [6.07, 6.45) is 79.5. The Morgan fingerprint density at radius 3 is 0.394 bits per heavy atom. The summed E-state index contributed by atoms with van der Waals surface area (Å²) in [5.41, 5.74) is 0. The Labute approximate surface area is 422 Å². The van der Waals surface area contributed by atoms with Gasteiger partial charge >= 0.3 is 0 Å². The number of hydrogen-bond acceptors (Lipinski definition) is 0. The average Bonchev–Trinajstić information content (AvgIpc) is 3.29. The molecule has 0 aromatic rings. The van der Waals surface area contributed by atoms with Crippen molar-refractivity contribution in [3.8, 4) is 0 Å². The largest absolute Gasteiger partial charge is 0.103 e. The average molecular weight is 926 g/mol. The molecule has 0 unspecified atom stereocenters. The third-order valence-electron chi connectivity index (χ3n) is 14.1. The Morgan fingerprint density at radius 2 is 0.288 bits per heavy atom. The van der Waals surface area contributed by atoms with Gasteiger partial charge in [0.2, 0.25) is 0 Å². The van der Waals surface area contributed by atoms with Gasteiger partial charge in [-0.1, -0.05) is 349 Å². The Balaban J connectivity index is -0.000000903. The Hall–Kier alpha value is -0.780. The van der Waals surface area contributed by atoms with E-state index in [1.165, 1.54) is 327 Å². The summed E-state index contributed by atoms with van der Waals surface area (Å²) in [4.78, 5) is 0. The van der Waals surface area contributed by atoms with Gasteiger partial charge in [-0.3, -0.25) is 0 Å².